The Labute approximate surface area is 96.6 Å². The summed E-state index contributed by atoms with van der Waals surface area (Å²) in [4.78, 5) is 6.61. The van der Waals surface area contributed by atoms with Gasteiger partial charge < -0.3 is 0 Å². The van der Waals surface area contributed by atoms with E-state index in [0.717, 1.165) is 5.69 Å². The highest BCUT2D eigenvalue weighted by Gasteiger charge is 2.16. The lowest BCUT2D eigenvalue weighted by Crippen LogP contribution is -2.21. The first kappa shape index (κ1) is 10.8. The van der Waals surface area contributed by atoms with Crippen LogP contribution in [0.15, 0.2) is 54.7 Å². The molecule has 1 atom stereocenters. The van der Waals surface area contributed by atoms with Gasteiger partial charge in [0.1, 0.15) is 0 Å². The Morgan fingerprint density at radius 3 is 2.19 bits per heavy atom. The fraction of sp³-hybridized carbons (Fsp3) is 0.214. The molecule has 1 aromatic carbocycles. The molecule has 0 saturated heterocycles. The molecule has 1 heterocycles. The molecule has 1 aromatic heterocycles. The van der Waals surface area contributed by atoms with Gasteiger partial charge >= 0.3 is 0 Å². The van der Waals surface area contributed by atoms with E-state index >= 15 is 0 Å². The fourth-order valence-electron chi connectivity index (χ4n) is 1.91. The molecular weight excluding hydrogens is 196 g/mol. The molecule has 2 nitrogen and oxygen atoms in total. The summed E-state index contributed by atoms with van der Waals surface area (Å²) in [6.07, 6.45) is 1.84. The molecule has 0 aliphatic heterocycles. The quantitative estimate of drug-likeness (QED) is 0.777. The molecule has 0 fully saturated rings. The van der Waals surface area contributed by atoms with Gasteiger partial charge in [0, 0.05) is 6.20 Å². The van der Waals surface area contributed by atoms with Crippen LogP contribution < -0.4 is 0 Å². The summed E-state index contributed by atoms with van der Waals surface area (Å²) in [7, 11) is 4.15. The van der Waals surface area contributed by atoms with Gasteiger partial charge in [-0.05, 0) is 31.8 Å². The van der Waals surface area contributed by atoms with E-state index in [1.54, 1.807) is 0 Å². The zero-order valence-corrected chi connectivity index (χ0v) is 9.67. The van der Waals surface area contributed by atoms with E-state index in [0.29, 0.717) is 0 Å². The van der Waals surface area contributed by atoms with Crippen LogP contribution in [0.3, 0.4) is 0 Å². The molecule has 1 unspecified atom stereocenters. The average molecular weight is 212 g/mol. The number of rotatable bonds is 3. The number of benzene rings is 1. The highest BCUT2D eigenvalue weighted by Crippen LogP contribution is 2.24. The fourth-order valence-corrected chi connectivity index (χ4v) is 1.91. The molecule has 82 valence electrons. The molecule has 2 heteroatoms. The third-order valence-corrected chi connectivity index (χ3v) is 2.60. The van der Waals surface area contributed by atoms with E-state index in [2.05, 4.69) is 54.3 Å². The number of pyridine rings is 1. The highest BCUT2D eigenvalue weighted by molar-refractivity contribution is 5.27. The zero-order valence-electron chi connectivity index (χ0n) is 9.67. The van der Waals surface area contributed by atoms with Crippen molar-refractivity contribution >= 4 is 0 Å². The van der Waals surface area contributed by atoms with Crippen molar-refractivity contribution in [1.29, 1.82) is 0 Å². The van der Waals surface area contributed by atoms with Crippen LogP contribution in [-0.4, -0.2) is 24.0 Å². The number of hydrogen-bond donors (Lipinski definition) is 0. The Bertz CT molecular complexity index is 384. The van der Waals surface area contributed by atoms with Gasteiger partial charge in [-0.15, -0.1) is 0 Å². The van der Waals surface area contributed by atoms with E-state index in [1.165, 1.54) is 5.56 Å². The summed E-state index contributed by atoms with van der Waals surface area (Å²) in [5.41, 5.74) is 2.35. The SMILES string of the molecule is CN(C)C(c1ccccc1)c1ccccn1. The van der Waals surface area contributed by atoms with Crippen molar-refractivity contribution in [3.05, 3.63) is 66.0 Å². The molecule has 0 radical (unpaired) electrons. The van der Waals surface area contributed by atoms with E-state index < -0.39 is 0 Å². The minimum Gasteiger partial charge on any atom is -0.297 e. The highest BCUT2D eigenvalue weighted by atomic mass is 15.1. The van der Waals surface area contributed by atoms with Crippen LogP contribution in [0.2, 0.25) is 0 Å². The van der Waals surface area contributed by atoms with Crippen molar-refractivity contribution in [2.45, 2.75) is 6.04 Å². The van der Waals surface area contributed by atoms with Gasteiger partial charge in [0.15, 0.2) is 0 Å². The molecule has 0 amide bonds. The third-order valence-electron chi connectivity index (χ3n) is 2.60. The number of aromatic nitrogens is 1. The maximum absolute atomic E-state index is 4.44. The Balaban J connectivity index is 2.40. The summed E-state index contributed by atoms with van der Waals surface area (Å²) in [5.74, 6) is 0. The van der Waals surface area contributed by atoms with Crippen LogP contribution in [0, 0.1) is 0 Å². The molecule has 0 bridgehead atoms. The van der Waals surface area contributed by atoms with Crippen molar-refractivity contribution in [2.75, 3.05) is 14.1 Å². The van der Waals surface area contributed by atoms with Gasteiger partial charge in [0.25, 0.3) is 0 Å². The van der Waals surface area contributed by atoms with Gasteiger partial charge in [0.05, 0.1) is 11.7 Å². The van der Waals surface area contributed by atoms with Crippen LogP contribution in [0.5, 0.6) is 0 Å². The molecule has 0 spiro atoms. The van der Waals surface area contributed by atoms with Gasteiger partial charge in [-0.2, -0.15) is 0 Å². The summed E-state index contributed by atoms with van der Waals surface area (Å²) >= 11 is 0. The van der Waals surface area contributed by atoms with Crippen LogP contribution in [0.25, 0.3) is 0 Å². The second-order valence-corrected chi connectivity index (χ2v) is 4.03. The Kier molecular flexibility index (Phi) is 3.32. The maximum Gasteiger partial charge on any atom is 0.0771 e. The first-order valence-corrected chi connectivity index (χ1v) is 5.41. The zero-order chi connectivity index (χ0) is 11.4. The maximum atomic E-state index is 4.44. The predicted octanol–water partition coefficient (Wildman–Crippen LogP) is 2.73. The minimum atomic E-state index is 0.224. The lowest BCUT2D eigenvalue weighted by molar-refractivity contribution is 0.336. The van der Waals surface area contributed by atoms with E-state index in [-0.39, 0.29) is 6.04 Å². The number of hydrogen-bond acceptors (Lipinski definition) is 2. The summed E-state index contributed by atoms with van der Waals surface area (Å²) in [5, 5.41) is 0. The van der Waals surface area contributed by atoms with Gasteiger partial charge in [-0.1, -0.05) is 36.4 Å². The first-order chi connectivity index (χ1) is 7.79. The minimum absolute atomic E-state index is 0.224. The van der Waals surface area contributed by atoms with Crippen molar-refractivity contribution in [1.82, 2.24) is 9.88 Å². The largest absolute Gasteiger partial charge is 0.297 e. The van der Waals surface area contributed by atoms with Crippen LogP contribution >= 0.6 is 0 Å². The topological polar surface area (TPSA) is 16.1 Å². The molecule has 0 saturated carbocycles. The van der Waals surface area contributed by atoms with Crippen molar-refractivity contribution in [3.8, 4) is 0 Å². The number of nitrogens with zero attached hydrogens (tertiary/aromatic N) is 2. The molecule has 0 aliphatic carbocycles. The molecule has 0 aliphatic rings. The average Bonchev–Trinajstić information content (AvgIpc) is 2.31. The summed E-state index contributed by atoms with van der Waals surface area (Å²) < 4.78 is 0. The standard InChI is InChI=1S/C14H16N2/c1-16(2)14(12-8-4-3-5-9-12)13-10-6-7-11-15-13/h3-11,14H,1-2H3. The van der Waals surface area contributed by atoms with Gasteiger partial charge in [-0.25, -0.2) is 0 Å². The van der Waals surface area contributed by atoms with Crippen LogP contribution in [0.1, 0.15) is 17.3 Å². The summed E-state index contributed by atoms with van der Waals surface area (Å²) in [6, 6.07) is 16.7. The molecule has 2 aromatic rings. The second-order valence-electron chi connectivity index (χ2n) is 4.03. The monoisotopic (exact) mass is 212 g/mol. The van der Waals surface area contributed by atoms with Crippen LogP contribution in [-0.2, 0) is 0 Å². The van der Waals surface area contributed by atoms with Gasteiger partial charge in [0.2, 0.25) is 0 Å². The van der Waals surface area contributed by atoms with Crippen molar-refractivity contribution in [3.63, 3.8) is 0 Å². The normalized spacial score (nSPS) is 12.7. The first-order valence-electron chi connectivity index (χ1n) is 5.41. The Morgan fingerprint density at radius 1 is 0.938 bits per heavy atom. The smallest absolute Gasteiger partial charge is 0.0771 e. The molecule has 16 heavy (non-hydrogen) atoms. The van der Waals surface area contributed by atoms with Gasteiger partial charge in [-0.3, -0.25) is 9.88 Å². The van der Waals surface area contributed by atoms with E-state index in [4.69, 9.17) is 0 Å². The van der Waals surface area contributed by atoms with E-state index in [9.17, 15) is 0 Å². The van der Waals surface area contributed by atoms with Crippen molar-refractivity contribution in [2.24, 2.45) is 0 Å². The third kappa shape index (κ3) is 2.28. The predicted molar refractivity (Wildman–Crippen MR) is 66.2 cm³/mol. The lowest BCUT2D eigenvalue weighted by Gasteiger charge is -2.24. The lowest BCUT2D eigenvalue weighted by atomic mass is 10.0. The molecule has 2 rings (SSSR count). The molecule has 0 N–H and O–H groups in total. The van der Waals surface area contributed by atoms with Crippen LogP contribution in [0.4, 0.5) is 0 Å². The second kappa shape index (κ2) is 4.90. The Morgan fingerprint density at radius 2 is 1.62 bits per heavy atom. The van der Waals surface area contributed by atoms with E-state index in [1.807, 2.05) is 24.4 Å². The molecular formula is C14H16N2. The summed E-state index contributed by atoms with van der Waals surface area (Å²) in [6.45, 7) is 0. The Hall–Kier alpha value is -1.67. The van der Waals surface area contributed by atoms with Crippen molar-refractivity contribution < 1.29 is 0 Å².